The molecular weight excluding hydrogens is 246 g/mol. The lowest BCUT2D eigenvalue weighted by Crippen LogP contribution is -2.44. The molecule has 5 nitrogen and oxygen atoms in total. The Morgan fingerprint density at radius 1 is 1.53 bits per heavy atom. The fourth-order valence-electron chi connectivity index (χ4n) is 2.87. The first-order valence-corrected chi connectivity index (χ1v) is 6.78. The van der Waals surface area contributed by atoms with Gasteiger partial charge in [-0.2, -0.15) is 0 Å². The quantitative estimate of drug-likeness (QED) is 0.855. The molecule has 1 aromatic rings. The maximum atomic E-state index is 11.3. The largest absolute Gasteiger partial charge is 0.481 e. The molecule has 0 amide bonds. The summed E-state index contributed by atoms with van der Waals surface area (Å²) in [5, 5.41) is 9.28. The highest BCUT2D eigenvalue weighted by molar-refractivity contribution is 5.71. The van der Waals surface area contributed by atoms with E-state index in [1.165, 1.54) is 0 Å². The number of carboxylic acid groups (broad SMARTS) is 1. The van der Waals surface area contributed by atoms with Gasteiger partial charge in [0.2, 0.25) is 0 Å². The summed E-state index contributed by atoms with van der Waals surface area (Å²) >= 11 is 0. The van der Waals surface area contributed by atoms with Gasteiger partial charge in [-0.05, 0) is 25.1 Å². The summed E-state index contributed by atoms with van der Waals surface area (Å²) in [5.74, 6) is -0.348. The SMILES string of the molecule is CCC(c1ccco1)N(CC)C1COCC1C(=O)O. The van der Waals surface area contributed by atoms with Crippen LogP contribution in [-0.2, 0) is 9.53 Å². The molecule has 106 valence electrons. The second kappa shape index (κ2) is 6.21. The van der Waals surface area contributed by atoms with Crippen LogP contribution in [0.15, 0.2) is 22.8 Å². The van der Waals surface area contributed by atoms with Crippen molar-refractivity contribution in [2.45, 2.75) is 32.4 Å². The van der Waals surface area contributed by atoms with E-state index in [1.54, 1.807) is 6.26 Å². The normalized spacial score (nSPS) is 24.8. The second-order valence-corrected chi connectivity index (χ2v) is 4.82. The lowest BCUT2D eigenvalue weighted by molar-refractivity contribution is -0.143. The Morgan fingerprint density at radius 2 is 2.32 bits per heavy atom. The number of hydrogen-bond acceptors (Lipinski definition) is 4. The predicted octanol–water partition coefficient (Wildman–Crippen LogP) is 2.15. The van der Waals surface area contributed by atoms with Crippen LogP contribution in [0.1, 0.15) is 32.1 Å². The van der Waals surface area contributed by atoms with E-state index in [1.807, 2.05) is 19.1 Å². The van der Waals surface area contributed by atoms with E-state index >= 15 is 0 Å². The molecule has 2 rings (SSSR count). The summed E-state index contributed by atoms with van der Waals surface area (Å²) in [6, 6.07) is 3.83. The van der Waals surface area contributed by atoms with Crippen LogP contribution in [0.25, 0.3) is 0 Å². The zero-order valence-electron chi connectivity index (χ0n) is 11.4. The molecule has 0 aromatic carbocycles. The van der Waals surface area contributed by atoms with Crippen molar-refractivity contribution in [1.29, 1.82) is 0 Å². The zero-order valence-corrected chi connectivity index (χ0v) is 11.4. The van der Waals surface area contributed by atoms with Gasteiger partial charge in [-0.15, -0.1) is 0 Å². The van der Waals surface area contributed by atoms with Crippen LogP contribution in [-0.4, -0.2) is 41.8 Å². The van der Waals surface area contributed by atoms with E-state index in [0.29, 0.717) is 13.2 Å². The number of ether oxygens (including phenoxy) is 1. The van der Waals surface area contributed by atoms with Gasteiger partial charge >= 0.3 is 5.97 Å². The van der Waals surface area contributed by atoms with Crippen LogP contribution in [0.2, 0.25) is 0 Å². The molecule has 1 aliphatic rings. The van der Waals surface area contributed by atoms with Gasteiger partial charge in [-0.25, -0.2) is 0 Å². The second-order valence-electron chi connectivity index (χ2n) is 4.82. The molecule has 1 N–H and O–H groups in total. The Hall–Kier alpha value is -1.33. The minimum Gasteiger partial charge on any atom is -0.481 e. The highest BCUT2D eigenvalue weighted by atomic mass is 16.5. The molecule has 1 fully saturated rings. The van der Waals surface area contributed by atoms with Crippen LogP contribution in [0.3, 0.4) is 0 Å². The molecule has 3 atom stereocenters. The Labute approximate surface area is 113 Å². The van der Waals surface area contributed by atoms with Gasteiger partial charge < -0.3 is 14.3 Å². The summed E-state index contributed by atoms with van der Waals surface area (Å²) in [5.41, 5.74) is 0. The van der Waals surface area contributed by atoms with Crippen molar-refractivity contribution in [3.63, 3.8) is 0 Å². The molecule has 5 heteroatoms. The van der Waals surface area contributed by atoms with Crippen molar-refractivity contribution in [1.82, 2.24) is 4.90 Å². The maximum Gasteiger partial charge on any atom is 0.310 e. The third-order valence-electron chi connectivity index (χ3n) is 3.82. The fraction of sp³-hybridized carbons (Fsp3) is 0.643. The predicted molar refractivity (Wildman–Crippen MR) is 69.9 cm³/mol. The Kier molecular flexibility index (Phi) is 4.61. The van der Waals surface area contributed by atoms with Crippen molar-refractivity contribution < 1.29 is 19.1 Å². The van der Waals surface area contributed by atoms with Crippen LogP contribution in [0, 0.1) is 5.92 Å². The molecular formula is C14H21NO4. The van der Waals surface area contributed by atoms with Gasteiger partial charge in [-0.1, -0.05) is 13.8 Å². The molecule has 0 spiro atoms. The minimum absolute atomic E-state index is 0.0856. The van der Waals surface area contributed by atoms with Crippen LogP contribution < -0.4 is 0 Å². The first kappa shape index (κ1) is 14.1. The summed E-state index contributed by atoms with van der Waals surface area (Å²) in [6.45, 7) is 5.67. The summed E-state index contributed by atoms with van der Waals surface area (Å²) in [7, 11) is 0. The molecule has 0 saturated carbocycles. The zero-order chi connectivity index (χ0) is 13.8. The van der Waals surface area contributed by atoms with E-state index in [4.69, 9.17) is 9.15 Å². The van der Waals surface area contributed by atoms with Crippen molar-refractivity contribution >= 4 is 5.97 Å². The lowest BCUT2D eigenvalue weighted by atomic mass is 9.98. The highest BCUT2D eigenvalue weighted by Crippen LogP contribution is 2.31. The molecule has 1 aromatic heterocycles. The van der Waals surface area contributed by atoms with Crippen molar-refractivity contribution in [3.05, 3.63) is 24.2 Å². The van der Waals surface area contributed by atoms with Gasteiger partial charge in [0, 0.05) is 6.04 Å². The first-order chi connectivity index (χ1) is 9.19. The molecule has 1 saturated heterocycles. The average molecular weight is 267 g/mol. The van der Waals surface area contributed by atoms with Gasteiger partial charge in [0.05, 0.1) is 31.4 Å². The first-order valence-electron chi connectivity index (χ1n) is 6.78. The monoisotopic (exact) mass is 267 g/mol. The number of furan rings is 1. The van der Waals surface area contributed by atoms with Crippen molar-refractivity contribution in [2.24, 2.45) is 5.92 Å². The Balaban J connectivity index is 2.20. The van der Waals surface area contributed by atoms with E-state index in [9.17, 15) is 9.90 Å². The molecule has 1 aliphatic heterocycles. The summed E-state index contributed by atoms with van der Waals surface area (Å²) in [6.07, 6.45) is 2.54. The van der Waals surface area contributed by atoms with E-state index < -0.39 is 11.9 Å². The Morgan fingerprint density at radius 3 is 2.84 bits per heavy atom. The lowest BCUT2D eigenvalue weighted by Gasteiger charge is -2.35. The van der Waals surface area contributed by atoms with Gasteiger partial charge in [0.25, 0.3) is 0 Å². The third-order valence-corrected chi connectivity index (χ3v) is 3.82. The number of carbonyl (C=O) groups is 1. The minimum atomic E-state index is -0.782. The maximum absolute atomic E-state index is 11.3. The average Bonchev–Trinajstić information content (AvgIpc) is 3.06. The smallest absolute Gasteiger partial charge is 0.310 e. The molecule has 19 heavy (non-hydrogen) atoms. The van der Waals surface area contributed by atoms with Crippen molar-refractivity contribution in [2.75, 3.05) is 19.8 Å². The molecule has 3 unspecified atom stereocenters. The van der Waals surface area contributed by atoms with E-state index in [0.717, 1.165) is 18.7 Å². The van der Waals surface area contributed by atoms with Crippen molar-refractivity contribution in [3.8, 4) is 0 Å². The van der Waals surface area contributed by atoms with Gasteiger partial charge in [0.15, 0.2) is 0 Å². The van der Waals surface area contributed by atoms with Crippen LogP contribution in [0.4, 0.5) is 0 Å². The molecule has 0 radical (unpaired) electrons. The number of likely N-dealkylation sites (N-methyl/N-ethyl adjacent to an activating group) is 1. The van der Waals surface area contributed by atoms with Crippen LogP contribution in [0.5, 0.6) is 0 Å². The topological polar surface area (TPSA) is 62.9 Å². The molecule has 0 bridgehead atoms. The number of aliphatic carboxylic acids is 1. The Bertz CT molecular complexity index is 404. The number of nitrogens with zero attached hydrogens (tertiary/aromatic N) is 1. The molecule has 2 heterocycles. The van der Waals surface area contributed by atoms with E-state index in [-0.39, 0.29) is 12.1 Å². The third kappa shape index (κ3) is 2.82. The summed E-state index contributed by atoms with van der Waals surface area (Å²) in [4.78, 5) is 13.5. The number of hydrogen-bond donors (Lipinski definition) is 1. The van der Waals surface area contributed by atoms with E-state index in [2.05, 4.69) is 11.8 Å². The standard InChI is InChI=1S/C14H21NO4/c1-3-11(13-6-5-7-19-13)15(4-2)12-9-18-8-10(12)14(16)17/h5-7,10-12H,3-4,8-9H2,1-2H3,(H,16,17). The van der Waals surface area contributed by atoms with Gasteiger partial charge in [0.1, 0.15) is 5.76 Å². The molecule has 0 aliphatic carbocycles. The highest BCUT2D eigenvalue weighted by Gasteiger charge is 2.40. The number of rotatable bonds is 6. The number of carboxylic acids is 1. The fourth-order valence-corrected chi connectivity index (χ4v) is 2.87. The van der Waals surface area contributed by atoms with Gasteiger partial charge in [-0.3, -0.25) is 9.69 Å². The summed E-state index contributed by atoms with van der Waals surface area (Å²) < 4.78 is 10.9. The van der Waals surface area contributed by atoms with Crippen LogP contribution >= 0.6 is 0 Å².